The van der Waals surface area contributed by atoms with Crippen LogP contribution in [0.3, 0.4) is 0 Å². The first-order valence-electron chi connectivity index (χ1n) is 9.76. The number of anilines is 2. The van der Waals surface area contributed by atoms with Crippen molar-refractivity contribution in [2.75, 3.05) is 10.2 Å². The van der Waals surface area contributed by atoms with Crippen molar-refractivity contribution >= 4 is 28.8 Å². The lowest BCUT2D eigenvalue weighted by molar-refractivity contribution is -0.120. The Hall–Kier alpha value is -3.80. The summed E-state index contributed by atoms with van der Waals surface area (Å²) in [6.45, 7) is 5.75. The number of para-hydroxylation sites is 1. The lowest BCUT2D eigenvalue weighted by Crippen LogP contribution is -2.32. The number of benzene rings is 3. The fraction of sp³-hybridized carbons (Fsp3) is 0.120. The van der Waals surface area contributed by atoms with E-state index in [1.807, 2.05) is 51.1 Å². The van der Waals surface area contributed by atoms with Crippen LogP contribution in [0.1, 0.15) is 22.3 Å². The zero-order valence-corrected chi connectivity index (χ0v) is 17.3. The molecule has 1 heterocycles. The predicted molar refractivity (Wildman–Crippen MR) is 116 cm³/mol. The number of nitrogens with zero attached hydrogens (tertiary/aromatic N) is 1. The molecule has 0 atom stereocenters. The zero-order valence-electron chi connectivity index (χ0n) is 17.3. The number of amides is 2. The van der Waals surface area contributed by atoms with Gasteiger partial charge in [-0.2, -0.15) is 0 Å². The minimum absolute atomic E-state index is 0.0307. The molecule has 0 fully saturated rings. The smallest absolute Gasteiger partial charge is 0.282 e. The fourth-order valence-corrected chi connectivity index (χ4v) is 3.52. The van der Waals surface area contributed by atoms with E-state index in [2.05, 4.69) is 5.32 Å². The van der Waals surface area contributed by atoms with Crippen LogP contribution < -0.4 is 10.2 Å². The van der Waals surface area contributed by atoms with E-state index in [9.17, 15) is 18.4 Å². The van der Waals surface area contributed by atoms with Crippen LogP contribution in [-0.4, -0.2) is 11.8 Å². The van der Waals surface area contributed by atoms with E-state index < -0.39 is 23.4 Å². The Morgan fingerprint density at radius 2 is 1.48 bits per heavy atom. The largest absolute Gasteiger partial charge is 0.350 e. The van der Waals surface area contributed by atoms with Gasteiger partial charge in [0.15, 0.2) is 11.6 Å². The first-order valence-corrected chi connectivity index (χ1v) is 9.76. The van der Waals surface area contributed by atoms with Crippen molar-refractivity contribution in [2.24, 2.45) is 0 Å². The molecule has 0 saturated carbocycles. The molecule has 6 heteroatoms. The molecule has 3 aromatic rings. The molecule has 156 valence electrons. The second-order valence-corrected chi connectivity index (χ2v) is 7.53. The summed E-state index contributed by atoms with van der Waals surface area (Å²) >= 11 is 0. The lowest BCUT2D eigenvalue weighted by atomic mass is 9.99. The molecule has 0 spiro atoms. The van der Waals surface area contributed by atoms with Crippen LogP contribution in [0.5, 0.6) is 0 Å². The van der Waals surface area contributed by atoms with Gasteiger partial charge in [0.2, 0.25) is 0 Å². The normalized spacial score (nSPS) is 13.9. The molecule has 0 saturated heterocycles. The Bertz CT molecular complexity index is 1260. The number of hydrogen-bond acceptors (Lipinski definition) is 3. The first kappa shape index (κ1) is 20.5. The second kappa shape index (κ2) is 7.80. The van der Waals surface area contributed by atoms with Crippen molar-refractivity contribution in [1.29, 1.82) is 0 Å². The average Bonchev–Trinajstić information content (AvgIpc) is 2.98. The minimum Gasteiger partial charge on any atom is -0.350 e. The third kappa shape index (κ3) is 3.61. The maximum absolute atomic E-state index is 13.8. The van der Waals surface area contributed by atoms with Crippen LogP contribution in [0, 0.1) is 32.4 Å². The van der Waals surface area contributed by atoms with Gasteiger partial charge in [-0.05, 0) is 61.2 Å². The molecule has 0 radical (unpaired) electrons. The van der Waals surface area contributed by atoms with E-state index in [4.69, 9.17) is 0 Å². The van der Waals surface area contributed by atoms with Crippen molar-refractivity contribution in [3.05, 3.63) is 100 Å². The van der Waals surface area contributed by atoms with Gasteiger partial charge in [0.05, 0.1) is 11.3 Å². The summed E-state index contributed by atoms with van der Waals surface area (Å²) in [6.07, 6.45) is 0. The van der Waals surface area contributed by atoms with Crippen molar-refractivity contribution in [3.8, 4) is 0 Å². The Balaban J connectivity index is 1.87. The molecule has 0 bridgehead atoms. The molecule has 1 aliphatic heterocycles. The minimum atomic E-state index is -1.13. The highest BCUT2D eigenvalue weighted by Gasteiger charge is 2.40. The molecule has 0 aromatic heterocycles. The summed E-state index contributed by atoms with van der Waals surface area (Å²) in [6, 6.07) is 15.8. The monoisotopic (exact) mass is 418 g/mol. The number of hydrogen-bond donors (Lipinski definition) is 1. The summed E-state index contributed by atoms with van der Waals surface area (Å²) < 4.78 is 27.3. The van der Waals surface area contributed by atoms with Crippen LogP contribution in [0.25, 0.3) is 5.57 Å². The van der Waals surface area contributed by atoms with Crippen molar-refractivity contribution in [2.45, 2.75) is 20.8 Å². The molecule has 3 aromatic carbocycles. The van der Waals surface area contributed by atoms with Crippen molar-refractivity contribution in [3.63, 3.8) is 0 Å². The number of carbonyl (C=O) groups is 2. The molecule has 4 nitrogen and oxygen atoms in total. The van der Waals surface area contributed by atoms with Gasteiger partial charge < -0.3 is 5.32 Å². The summed E-state index contributed by atoms with van der Waals surface area (Å²) in [7, 11) is 0. The van der Waals surface area contributed by atoms with E-state index >= 15 is 0 Å². The van der Waals surface area contributed by atoms with Gasteiger partial charge in [-0.25, -0.2) is 13.7 Å². The maximum atomic E-state index is 13.8. The molecule has 0 aliphatic carbocycles. The second-order valence-electron chi connectivity index (χ2n) is 7.53. The number of carbonyl (C=O) groups excluding carboxylic acids is 2. The maximum Gasteiger partial charge on any atom is 0.282 e. The van der Waals surface area contributed by atoms with Gasteiger partial charge in [-0.1, -0.05) is 36.4 Å². The van der Waals surface area contributed by atoms with Crippen LogP contribution in [0.2, 0.25) is 0 Å². The highest BCUT2D eigenvalue weighted by Crippen LogP contribution is 2.35. The molecule has 4 rings (SSSR count). The van der Waals surface area contributed by atoms with Gasteiger partial charge in [-0.15, -0.1) is 0 Å². The van der Waals surface area contributed by atoms with Crippen molar-refractivity contribution in [1.82, 2.24) is 0 Å². The molecular weight excluding hydrogens is 398 g/mol. The highest BCUT2D eigenvalue weighted by atomic mass is 19.2. The number of nitrogens with one attached hydrogen (secondary N) is 1. The Kier molecular flexibility index (Phi) is 5.15. The van der Waals surface area contributed by atoms with E-state index in [1.54, 1.807) is 12.1 Å². The van der Waals surface area contributed by atoms with Gasteiger partial charge in [0, 0.05) is 11.8 Å². The number of aryl methyl sites for hydroxylation is 3. The average molecular weight is 418 g/mol. The van der Waals surface area contributed by atoms with Crippen LogP contribution in [0.15, 0.2) is 66.4 Å². The molecule has 31 heavy (non-hydrogen) atoms. The van der Waals surface area contributed by atoms with E-state index in [0.29, 0.717) is 11.3 Å². The van der Waals surface area contributed by atoms with Crippen LogP contribution in [-0.2, 0) is 9.59 Å². The number of halogens is 2. The summed E-state index contributed by atoms with van der Waals surface area (Å²) in [4.78, 5) is 27.6. The topological polar surface area (TPSA) is 49.4 Å². The van der Waals surface area contributed by atoms with E-state index in [-0.39, 0.29) is 17.0 Å². The summed E-state index contributed by atoms with van der Waals surface area (Å²) in [5.74, 6) is -3.42. The van der Waals surface area contributed by atoms with Crippen LogP contribution >= 0.6 is 0 Å². The highest BCUT2D eigenvalue weighted by molar-refractivity contribution is 6.46. The van der Waals surface area contributed by atoms with E-state index in [0.717, 1.165) is 33.7 Å². The standard InChI is InChI=1S/C25H20F2N2O2/c1-14-8-9-17(12-16(14)3)22-23(28-21-7-5-4-6-15(21)2)25(31)29(24(22)30)18-10-11-19(26)20(27)13-18/h4-13,28H,1-3H3. The predicted octanol–water partition coefficient (Wildman–Crippen LogP) is 5.29. The summed E-state index contributed by atoms with van der Waals surface area (Å²) in [5, 5.41) is 3.10. The summed E-state index contributed by atoms with van der Waals surface area (Å²) in [5.41, 5.74) is 4.39. The third-order valence-electron chi connectivity index (χ3n) is 5.45. The quantitative estimate of drug-likeness (QED) is 0.586. The molecule has 0 unspecified atom stereocenters. The molecule has 1 N–H and O–H groups in total. The molecule has 1 aliphatic rings. The zero-order chi connectivity index (χ0) is 22.3. The SMILES string of the molecule is Cc1ccc(C2=C(Nc3ccccc3C)C(=O)N(c3ccc(F)c(F)c3)C2=O)cc1C. The third-order valence-corrected chi connectivity index (χ3v) is 5.45. The van der Waals surface area contributed by atoms with Gasteiger partial charge >= 0.3 is 0 Å². The Morgan fingerprint density at radius 3 is 2.16 bits per heavy atom. The molecular formula is C25H20F2N2O2. The number of imide groups is 1. The number of rotatable bonds is 4. The molecule has 2 amide bonds. The van der Waals surface area contributed by atoms with Gasteiger partial charge in [0.25, 0.3) is 11.8 Å². The lowest BCUT2D eigenvalue weighted by Gasteiger charge is -2.16. The fourth-order valence-electron chi connectivity index (χ4n) is 3.52. The van der Waals surface area contributed by atoms with Gasteiger partial charge in [0.1, 0.15) is 5.70 Å². The van der Waals surface area contributed by atoms with Crippen molar-refractivity contribution < 1.29 is 18.4 Å². The van der Waals surface area contributed by atoms with E-state index in [1.165, 1.54) is 6.07 Å². The van der Waals surface area contributed by atoms with Crippen LogP contribution in [0.4, 0.5) is 20.2 Å². The first-order chi connectivity index (χ1) is 14.8. The van der Waals surface area contributed by atoms with Gasteiger partial charge in [-0.3, -0.25) is 9.59 Å². The Morgan fingerprint density at radius 1 is 0.742 bits per heavy atom. The Labute approximate surface area is 178 Å².